The normalized spacial score (nSPS) is 10.9. The number of benzene rings is 2. The lowest BCUT2D eigenvalue weighted by atomic mass is 10.0. The number of para-hydroxylation sites is 1. The topological polar surface area (TPSA) is 22.0 Å². The van der Waals surface area contributed by atoms with E-state index in [1.54, 1.807) is 11.6 Å². The van der Waals surface area contributed by atoms with Gasteiger partial charge in [-0.15, -0.1) is 0 Å². The molecule has 0 radical (unpaired) electrons. The summed E-state index contributed by atoms with van der Waals surface area (Å²) in [5, 5.41) is 1.48. The second kappa shape index (κ2) is 5.14. The number of halogens is 1. The molecule has 100 valence electrons. The highest BCUT2D eigenvalue weighted by atomic mass is 35.5. The molecule has 0 spiro atoms. The number of aromatic nitrogens is 1. The summed E-state index contributed by atoms with van der Waals surface area (Å²) in [4.78, 5) is 12.5. The number of hydrogen-bond acceptors (Lipinski definition) is 1. The lowest BCUT2D eigenvalue weighted by molar-refractivity contribution is 0.882. The van der Waals surface area contributed by atoms with E-state index in [1.807, 2.05) is 54.6 Å². The molecule has 0 bridgehead atoms. The maximum absolute atomic E-state index is 12.5. The molecular formula is C17H14ClNO. The van der Waals surface area contributed by atoms with Crippen LogP contribution in [0.4, 0.5) is 0 Å². The van der Waals surface area contributed by atoms with Crippen molar-refractivity contribution in [2.24, 2.45) is 7.05 Å². The summed E-state index contributed by atoms with van der Waals surface area (Å²) in [6.07, 6.45) is 0.553. The highest BCUT2D eigenvalue weighted by Gasteiger charge is 2.13. The van der Waals surface area contributed by atoms with Crippen molar-refractivity contribution in [3.05, 3.63) is 81.1 Å². The lowest BCUT2D eigenvalue weighted by Gasteiger charge is -2.11. The zero-order valence-corrected chi connectivity index (χ0v) is 11.9. The van der Waals surface area contributed by atoms with Crippen LogP contribution < -0.4 is 5.56 Å². The predicted molar refractivity (Wildman–Crippen MR) is 83.4 cm³/mol. The van der Waals surface area contributed by atoms with E-state index in [-0.39, 0.29) is 5.56 Å². The van der Waals surface area contributed by atoms with Crippen LogP contribution in [0.1, 0.15) is 11.1 Å². The molecule has 0 N–H and O–H groups in total. The van der Waals surface area contributed by atoms with Crippen LogP contribution in [-0.2, 0) is 13.5 Å². The lowest BCUT2D eigenvalue weighted by Crippen LogP contribution is -2.22. The Morgan fingerprint density at radius 2 is 1.65 bits per heavy atom. The Balaban J connectivity index is 2.23. The van der Waals surface area contributed by atoms with E-state index in [1.165, 1.54) is 0 Å². The quantitative estimate of drug-likeness (QED) is 0.701. The smallest absolute Gasteiger partial charge is 0.255 e. The number of rotatable bonds is 2. The summed E-state index contributed by atoms with van der Waals surface area (Å²) in [6, 6.07) is 17.6. The van der Waals surface area contributed by atoms with Gasteiger partial charge in [0.15, 0.2) is 0 Å². The third-order valence-electron chi connectivity index (χ3n) is 3.55. The van der Waals surface area contributed by atoms with Gasteiger partial charge < -0.3 is 4.57 Å². The van der Waals surface area contributed by atoms with Crippen molar-refractivity contribution in [2.45, 2.75) is 6.42 Å². The van der Waals surface area contributed by atoms with Crippen LogP contribution in [-0.4, -0.2) is 4.57 Å². The first-order valence-corrected chi connectivity index (χ1v) is 6.86. The maximum Gasteiger partial charge on any atom is 0.255 e. The first kappa shape index (κ1) is 12.9. The Morgan fingerprint density at radius 3 is 2.40 bits per heavy atom. The minimum Gasteiger partial charge on any atom is -0.311 e. The van der Waals surface area contributed by atoms with Gasteiger partial charge in [-0.2, -0.15) is 0 Å². The molecule has 0 fully saturated rings. The molecule has 1 aromatic heterocycles. The number of aryl methyl sites for hydroxylation is 1. The van der Waals surface area contributed by atoms with E-state index < -0.39 is 0 Å². The molecule has 0 aliphatic rings. The molecule has 0 unspecified atom stereocenters. The van der Waals surface area contributed by atoms with E-state index in [9.17, 15) is 4.79 Å². The molecule has 3 aromatic rings. The zero-order chi connectivity index (χ0) is 14.1. The average molecular weight is 284 g/mol. The molecule has 0 saturated heterocycles. The minimum absolute atomic E-state index is 0.0300. The number of fused-ring (bicyclic) bond motifs is 1. The van der Waals surface area contributed by atoms with E-state index >= 15 is 0 Å². The van der Waals surface area contributed by atoms with Crippen LogP contribution in [0.3, 0.4) is 0 Å². The zero-order valence-electron chi connectivity index (χ0n) is 11.1. The molecule has 3 heteroatoms. The number of nitrogens with zero attached hydrogens (tertiary/aromatic N) is 1. The van der Waals surface area contributed by atoms with Gasteiger partial charge in [0.1, 0.15) is 0 Å². The van der Waals surface area contributed by atoms with Crippen LogP contribution >= 0.6 is 11.6 Å². The van der Waals surface area contributed by atoms with Gasteiger partial charge >= 0.3 is 0 Å². The van der Waals surface area contributed by atoms with Crippen molar-refractivity contribution < 1.29 is 0 Å². The SMILES string of the molecule is Cn1c(=O)c(Cc2ccccc2)c(Cl)c2ccccc21. The summed E-state index contributed by atoms with van der Waals surface area (Å²) < 4.78 is 1.67. The number of hydrogen-bond donors (Lipinski definition) is 0. The van der Waals surface area contributed by atoms with E-state index in [0.717, 1.165) is 16.5 Å². The summed E-state index contributed by atoms with van der Waals surface area (Å²) >= 11 is 6.46. The Morgan fingerprint density at radius 1 is 1.00 bits per heavy atom. The number of pyridine rings is 1. The van der Waals surface area contributed by atoms with Crippen molar-refractivity contribution in [2.75, 3.05) is 0 Å². The highest BCUT2D eigenvalue weighted by Crippen LogP contribution is 2.25. The summed E-state index contributed by atoms with van der Waals surface area (Å²) in [5.41, 5.74) is 2.57. The van der Waals surface area contributed by atoms with Crippen LogP contribution in [0, 0.1) is 0 Å². The standard InChI is InChI=1S/C17H14ClNO/c1-19-15-10-6-5-9-13(15)16(18)14(17(19)20)11-12-7-3-2-4-8-12/h2-10H,11H2,1H3. The molecular weight excluding hydrogens is 270 g/mol. The third kappa shape index (κ3) is 2.12. The first-order chi connectivity index (χ1) is 9.68. The van der Waals surface area contributed by atoms with Gasteiger partial charge in [0.2, 0.25) is 0 Å². The summed E-state index contributed by atoms with van der Waals surface area (Å²) in [6.45, 7) is 0. The van der Waals surface area contributed by atoms with Crippen LogP contribution in [0.5, 0.6) is 0 Å². The molecule has 0 saturated carbocycles. The van der Waals surface area contributed by atoms with Crippen molar-refractivity contribution in [3.63, 3.8) is 0 Å². The Bertz CT molecular complexity index is 822. The molecule has 1 heterocycles. The van der Waals surface area contributed by atoms with Gasteiger partial charge in [-0.25, -0.2) is 0 Å². The van der Waals surface area contributed by atoms with Crippen molar-refractivity contribution in [3.8, 4) is 0 Å². The van der Waals surface area contributed by atoms with Crippen LogP contribution in [0.15, 0.2) is 59.4 Å². The Kier molecular flexibility index (Phi) is 3.33. The van der Waals surface area contributed by atoms with E-state index in [4.69, 9.17) is 11.6 Å². The van der Waals surface area contributed by atoms with Gasteiger partial charge in [-0.3, -0.25) is 4.79 Å². The first-order valence-electron chi connectivity index (χ1n) is 6.48. The summed E-state index contributed by atoms with van der Waals surface area (Å²) in [7, 11) is 1.79. The van der Waals surface area contributed by atoms with Crippen molar-refractivity contribution in [1.82, 2.24) is 4.57 Å². The van der Waals surface area contributed by atoms with Crippen LogP contribution in [0.2, 0.25) is 5.02 Å². The van der Waals surface area contributed by atoms with Crippen molar-refractivity contribution in [1.29, 1.82) is 0 Å². The fourth-order valence-corrected chi connectivity index (χ4v) is 2.78. The molecule has 2 nitrogen and oxygen atoms in total. The van der Waals surface area contributed by atoms with Gasteiger partial charge in [0.25, 0.3) is 5.56 Å². The summed E-state index contributed by atoms with van der Waals surface area (Å²) in [5.74, 6) is 0. The Labute approximate surface area is 122 Å². The molecule has 3 rings (SSSR count). The van der Waals surface area contributed by atoms with Gasteiger partial charge in [0.05, 0.1) is 10.5 Å². The fourth-order valence-electron chi connectivity index (χ4n) is 2.47. The van der Waals surface area contributed by atoms with Crippen molar-refractivity contribution >= 4 is 22.5 Å². The largest absolute Gasteiger partial charge is 0.311 e. The maximum atomic E-state index is 12.5. The van der Waals surface area contributed by atoms with Gasteiger partial charge in [0, 0.05) is 24.4 Å². The monoisotopic (exact) mass is 283 g/mol. The molecule has 0 atom stereocenters. The highest BCUT2D eigenvalue weighted by molar-refractivity contribution is 6.36. The fraction of sp³-hybridized carbons (Fsp3) is 0.118. The second-order valence-electron chi connectivity index (χ2n) is 4.84. The Hall–Kier alpha value is -2.06. The second-order valence-corrected chi connectivity index (χ2v) is 5.21. The average Bonchev–Trinajstić information content (AvgIpc) is 2.50. The molecule has 0 aliphatic heterocycles. The molecule has 2 aromatic carbocycles. The van der Waals surface area contributed by atoms with E-state index in [2.05, 4.69) is 0 Å². The third-order valence-corrected chi connectivity index (χ3v) is 3.99. The molecule has 0 aliphatic carbocycles. The minimum atomic E-state index is -0.0300. The van der Waals surface area contributed by atoms with Crippen LogP contribution in [0.25, 0.3) is 10.9 Å². The molecule has 0 amide bonds. The van der Waals surface area contributed by atoms with E-state index in [0.29, 0.717) is 17.0 Å². The molecule has 20 heavy (non-hydrogen) atoms. The van der Waals surface area contributed by atoms with Gasteiger partial charge in [-0.1, -0.05) is 60.1 Å². The van der Waals surface area contributed by atoms with Gasteiger partial charge in [-0.05, 0) is 11.6 Å². The predicted octanol–water partition coefficient (Wildman–Crippen LogP) is 3.78.